The fraction of sp³-hybridized carbons (Fsp3) is 0.292. The molecule has 32 heavy (non-hydrogen) atoms. The molecule has 1 amide bonds. The van der Waals surface area contributed by atoms with Crippen molar-refractivity contribution in [2.75, 3.05) is 13.1 Å². The summed E-state index contributed by atoms with van der Waals surface area (Å²) < 4.78 is 27.3. The number of nitrogens with zero attached hydrogens (tertiary/aromatic N) is 1. The number of piperidine rings is 1. The molecule has 1 aliphatic heterocycles. The van der Waals surface area contributed by atoms with E-state index in [0.717, 1.165) is 16.3 Å². The molecule has 1 fully saturated rings. The number of nitrogens with one attached hydrogen (secondary N) is 1. The molecule has 5 nitrogen and oxygen atoms in total. The number of fused-ring (bicyclic) bond motifs is 1. The number of hydrogen-bond donors (Lipinski definition) is 1. The van der Waals surface area contributed by atoms with Gasteiger partial charge >= 0.3 is 0 Å². The van der Waals surface area contributed by atoms with Gasteiger partial charge in [-0.05, 0) is 46.9 Å². The fourth-order valence-electron chi connectivity index (χ4n) is 4.11. The zero-order chi connectivity index (χ0) is 22.7. The van der Waals surface area contributed by atoms with E-state index in [1.165, 1.54) is 4.31 Å². The lowest BCUT2D eigenvalue weighted by molar-refractivity contribution is -0.126. The smallest absolute Gasteiger partial charge is 0.224 e. The van der Waals surface area contributed by atoms with Crippen molar-refractivity contribution in [3.8, 4) is 0 Å². The maximum absolute atomic E-state index is 13.0. The van der Waals surface area contributed by atoms with Crippen LogP contribution in [-0.2, 0) is 27.1 Å². The fourth-order valence-corrected chi connectivity index (χ4v) is 6.03. The van der Waals surface area contributed by atoms with Crippen LogP contribution in [0.3, 0.4) is 0 Å². The van der Waals surface area contributed by atoms with Gasteiger partial charge in [-0.2, -0.15) is 0 Å². The van der Waals surface area contributed by atoms with Crippen molar-refractivity contribution in [3.63, 3.8) is 0 Å². The molecule has 3 aromatic rings. The summed E-state index contributed by atoms with van der Waals surface area (Å²) >= 11 is 11.9. The molecule has 1 atom stereocenters. The predicted octanol–water partition coefficient (Wildman–Crippen LogP) is 5.00. The highest BCUT2D eigenvalue weighted by Crippen LogP contribution is 2.26. The molecule has 0 radical (unpaired) electrons. The van der Waals surface area contributed by atoms with Gasteiger partial charge in [-0.1, -0.05) is 71.7 Å². The van der Waals surface area contributed by atoms with E-state index in [9.17, 15) is 13.2 Å². The Labute approximate surface area is 198 Å². The van der Waals surface area contributed by atoms with Crippen LogP contribution >= 0.6 is 23.2 Å². The molecule has 168 valence electrons. The van der Waals surface area contributed by atoms with Crippen LogP contribution in [0.2, 0.25) is 10.0 Å². The van der Waals surface area contributed by atoms with Crippen LogP contribution in [0, 0.1) is 5.92 Å². The van der Waals surface area contributed by atoms with E-state index in [4.69, 9.17) is 23.2 Å². The van der Waals surface area contributed by atoms with Gasteiger partial charge in [0.25, 0.3) is 0 Å². The number of sulfonamides is 1. The van der Waals surface area contributed by atoms with Gasteiger partial charge in [0.2, 0.25) is 15.9 Å². The van der Waals surface area contributed by atoms with Gasteiger partial charge in [0.05, 0.1) is 21.7 Å². The molecular weight excluding hydrogens is 467 g/mol. The van der Waals surface area contributed by atoms with E-state index in [0.29, 0.717) is 41.5 Å². The second-order valence-electron chi connectivity index (χ2n) is 8.06. The molecule has 0 aliphatic carbocycles. The third-order valence-electron chi connectivity index (χ3n) is 5.81. The Bertz CT molecular complexity index is 1240. The molecule has 0 spiro atoms. The van der Waals surface area contributed by atoms with Crippen LogP contribution in [0.15, 0.2) is 60.7 Å². The third-order valence-corrected chi connectivity index (χ3v) is 8.37. The first kappa shape index (κ1) is 23.1. The van der Waals surface area contributed by atoms with Crippen molar-refractivity contribution in [2.24, 2.45) is 5.92 Å². The second-order valence-corrected chi connectivity index (χ2v) is 10.8. The summed E-state index contributed by atoms with van der Waals surface area (Å²) in [6.07, 6.45) is 1.31. The van der Waals surface area contributed by atoms with Gasteiger partial charge in [-0.25, -0.2) is 12.7 Å². The van der Waals surface area contributed by atoms with E-state index in [2.05, 4.69) is 5.32 Å². The minimum atomic E-state index is -3.58. The molecular formula is C24H24Cl2N2O3S. The minimum Gasteiger partial charge on any atom is -0.352 e. The summed E-state index contributed by atoms with van der Waals surface area (Å²) in [5.41, 5.74) is 1.61. The van der Waals surface area contributed by atoms with Crippen LogP contribution in [-0.4, -0.2) is 31.7 Å². The summed E-state index contributed by atoms with van der Waals surface area (Å²) in [7, 11) is -3.58. The Morgan fingerprint density at radius 1 is 1.03 bits per heavy atom. The lowest BCUT2D eigenvalue weighted by atomic mass is 9.98. The Morgan fingerprint density at radius 3 is 2.62 bits per heavy atom. The Hall–Kier alpha value is -2.12. The maximum atomic E-state index is 13.0. The highest BCUT2D eigenvalue weighted by Gasteiger charge is 2.32. The number of hydrogen-bond acceptors (Lipinski definition) is 3. The predicted molar refractivity (Wildman–Crippen MR) is 129 cm³/mol. The maximum Gasteiger partial charge on any atom is 0.224 e. The lowest BCUT2D eigenvalue weighted by Crippen LogP contribution is -2.45. The molecule has 4 rings (SSSR count). The van der Waals surface area contributed by atoms with Crippen molar-refractivity contribution < 1.29 is 13.2 Å². The molecule has 1 heterocycles. The minimum absolute atomic E-state index is 0.118. The van der Waals surface area contributed by atoms with Crippen molar-refractivity contribution in [3.05, 3.63) is 81.8 Å². The Balaban J connectivity index is 1.40. The van der Waals surface area contributed by atoms with Crippen LogP contribution in [0.25, 0.3) is 10.8 Å². The van der Waals surface area contributed by atoms with Gasteiger partial charge in [0.15, 0.2) is 0 Å². The number of amides is 1. The number of rotatable bonds is 6. The van der Waals surface area contributed by atoms with E-state index in [-0.39, 0.29) is 24.1 Å². The summed E-state index contributed by atoms with van der Waals surface area (Å²) in [4.78, 5) is 12.9. The standard InChI is InChI=1S/C24H24Cl2N2O3S/c25-22-11-10-17(13-23(22)26)16-32(30,31)28-12-4-8-20(15-28)24(29)27-14-19-7-3-6-18-5-1-2-9-21(18)19/h1-3,5-7,9-11,13,20H,4,8,12,14-16H2,(H,27,29)/t20-/m1/s1. The quantitative estimate of drug-likeness (QED) is 0.528. The summed E-state index contributed by atoms with van der Waals surface area (Å²) in [6, 6.07) is 18.9. The molecule has 1 saturated heterocycles. The molecule has 0 aromatic heterocycles. The topological polar surface area (TPSA) is 66.5 Å². The zero-order valence-electron chi connectivity index (χ0n) is 17.4. The van der Waals surface area contributed by atoms with Gasteiger partial charge in [-0.15, -0.1) is 0 Å². The van der Waals surface area contributed by atoms with E-state index >= 15 is 0 Å². The molecule has 0 bridgehead atoms. The number of carbonyl (C=O) groups excluding carboxylic acids is 1. The first-order valence-electron chi connectivity index (χ1n) is 10.5. The SMILES string of the molecule is O=C(NCc1cccc2ccccc12)[C@@H]1CCCN(S(=O)(=O)Cc2ccc(Cl)c(Cl)c2)C1. The largest absolute Gasteiger partial charge is 0.352 e. The number of benzene rings is 3. The molecule has 1 N–H and O–H groups in total. The van der Waals surface area contributed by atoms with Gasteiger partial charge < -0.3 is 5.32 Å². The van der Waals surface area contributed by atoms with Crippen LogP contribution < -0.4 is 5.32 Å². The van der Waals surface area contributed by atoms with Gasteiger partial charge in [-0.3, -0.25) is 4.79 Å². The molecule has 1 aliphatic rings. The average molecular weight is 491 g/mol. The number of halogens is 2. The Kier molecular flexibility index (Phi) is 7.05. The first-order chi connectivity index (χ1) is 15.3. The molecule has 0 unspecified atom stereocenters. The van der Waals surface area contributed by atoms with Crippen LogP contribution in [0.5, 0.6) is 0 Å². The highest BCUT2D eigenvalue weighted by molar-refractivity contribution is 7.88. The van der Waals surface area contributed by atoms with Crippen LogP contribution in [0.1, 0.15) is 24.0 Å². The number of carbonyl (C=O) groups is 1. The van der Waals surface area contributed by atoms with Crippen LogP contribution in [0.4, 0.5) is 0 Å². The second kappa shape index (κ2) is 9.79. The lowest BCUT2D eigenvalue weighted by Gasteiger charge is -2.31. The summed E-state index contributed by atoms with van der Waals surface area (Å²) in [6.45, 7) is 1.01. The van der Waals surface area contributed by atoms with Crippen molar-refractivity contribution in [1.82, 2.24) is 9.62 Å². The molecule has 8 heteroatoms. The first-order valence-corrected chi connectivity index (χ1v) is 12.9. The van der Waals surface area contributed by atoms with E-state index < -0.39 is 10.0 Å². The normalized spacial score (nSPS) is 17.4. The summed E-state index contributed by atoms with van der Waals surface area (Å²) in [5, 5.41) is 5.93. The highest BCUT2D eigenvalue weighted by atomic mass is 35.5. The Morgan fingerprint density at radius 2 is 1.81 bits per heavy atom. The van der Waals surface area contributed by atoms with Crippen molar-refractivity contribution in [1.29, 1.82) is 0 Å². The van der Waals surface area contributed by atoms with Crippen molar-refractivity contribution in [2.45, 2.75) is 25.1 Å². The van der Waals surface area contributed by atoms with Gasteiger partial charge in [0.1, 0.15) is 0 Å². The van der Waals surface area contributed by atoms with Gasteiger partial charge in [0, 0.05) is 19.6 Å². The van der Waals surface area contributed by atoms with E-state index in [1.807, 2.05) is 42.5 Å². The molecule has 3 aromatic carbocycles. The monoisotopic (exact) mass is 490 g/mol. The van der Waals surface area contributed by atoms with E-state index in [1.54, 1.807) is 18.2 Å². The third kappa shape index (κ3) is 5.26. The zero-order valence-corrected chi connectivity index (χ0v) is 19.8. The average Bonchev–Trinajstić information content (AvgIpc) is 2.80. The summed E-state index contributed by atoms with van der Waals surface area (Å²) in [5.74, 6) is -0.663. The van der Waals surface area contributed by atoms with Crippen molar-refractivity contribution >= 4 is 49.9 Å². The molecule has 0 saturated carbocycles.